The van der Waals surface area contributed by atoms with Gasteiger partial charge in [0.25, 0.3) is 5.56 Å². The highest BCUT2D eigenvalue weighted by Gasteiger charge is 2.22. The van der Waals surface area contributed by atoms with E-state index in [9.17, 15) is 14.7 Å². The molecule has 0 aliphatic carbocycles. The van der Waals surface area contributed by atoms with E-state index in [0.29, 0.717) is 17.5 Å². The third-order valence-electron chi connectivity index (χ3n) is 3.52. The van der Waals surface area contributed by atoms with Gasteiger partial charge in [-0.25, -0.2) is 4.79 Å². The fourth-order valence-electron chi connectivity index (χ4n) is 2.42. The lowest BCUT2D eigenvalue weighted by atomic mass is 10.0. The average Bonchev–Trinajstić information content (AvgIpc) is 2.56. The van der Waals surface area contributed by atoms with Gasteiger partial charge in [-0.2, -0.15) is 0 Å². The first-order chi connectivity index (χ1) is 11.1. The predicted molar refractivity (Wildman–Crippen MR) is 84.2 cm³/mol. The summed E-state index contributed by atoms with van der Waals surface area (Å²) in [5, 5.41) is 19.5. The van der Waals surface area contributed by atoms with Gasteiger partial charge in [0.15, 0.2) is 0 Å². The van der Waals surface area contributed by atoms with Gasteiger partial charge in [0.05, 0.1) is 18.9 Å². The second kappa shape index (κ2) is 7.87. The first-order valence-electron chi connectivity index (χ1n) is 7.37. The smallest absolute Gasteiger partial charge is 0.330 e. The number of aliphatic hydroxyl groups excluding tert-OH is 2. The summed E-state index contributed by atoms with van der Waals surface area (Å²) in [4.78, 5) is 26.4. The lowest BCUT2D eigenvalue weighted by Gasteiger charge is -2.20. The number of nitrogens with one attached hydrogen (secondary N) is 1. The topological polar surface area (TPSA) is 105 Å². The molecule has 1 heterocycles. The maximum atomic E-state index is 12.1. The number of aliphatic hydroxyl groups is 2. The van der Waals surface area contributed by atoms with E-state index in [1.807, 2.05) is 6.07 Å². The standard InChI is InChI=1S/C16H20N2O5/c1-2-12-13(14(20)11-6-4-3-5-7-11)18(10-23-9-8-19)16(22)17-15(12)21/h3-7,14,19-20H,2,8-10H2,1H3,(H,17,21,22). The summed E-state index contributed by atoms with van der Waals surface area (Å²) in [5.74, 6) is 0. The molecule has 2 rings (SSSR count). The van der Waals surface area contributed by atoms with E-state index >= 15 is 0 Å². The molecule has 124 valence electrons. The molecule has 1 aromatic carbocycles. The number of nitrogens with zero attached hydrogens (tertiary/aromatic N) is 1. The van der Waals surface area contributed by atoms with Crippen LogP contribution in [0.5, 0.6) is 0 Å². The van der Waals surface area contributed by atoms with E-state index in [2.05, 4.69) is 4.98 Å². The molecule has 0 saturated carbocycles. The molecule has 0 fully saturated rings. The predicted octanol–water partition coefficient (Wildman–Crippen LogP) is 0.147. The monoisotopic (exact) mass is 320 g/mol. The van der Waals surface area contributed by atoms with Gasteiger partial charge in [-0.15, -0.1) is 0 Å². The van der Waals surface area contributed by atoms with Crippen molar-refractivity contribution in [1.29, 1.82) is 0 Å². The van der Waals surface area contributed by atoms with E-state index in [4.69, 9.17) is 9.84 Å². The van der Waals surface area contributed by atoms with Crippen molar-refractivity contribution >= 4 is 0 Å². The van der Waals surface area contributed by atoms with E-state index < -0.39 is 17.4 Å². The van der Waals surface area contributed by atoms with Crippen LogP contribution < -0.4 is 11.2 Å². The summed E-state index contributed by atoms with van der Waals surface area (Å²) in [7, 11) is 0. The Hall–Kier alpha value is -2.22. The number of aromatic nitrogens is 2. The molecule has 2 aromatic rings. The number of H-pyrrole nitrogens is 1. The van der Waals surface area contributed by atoms with Crippen molar-refractivity contribution in [1.82, 2.24) is 9.55 Å². The number of hydrogen-bond donors (Lipinski definition) is 3. The SMILES string of the molecule is CCc1c(C(O)c2ccccc2)n(COCCO)c(=O)[nH]c1=O. The summed E-state index contributed by atoms with van der Waals surface area (Å²) >= 11 is 0. The van der Waals surface area contributed by atoms with Crippen molar-refractivity contribution in [2.45, 2.75) is 26.2 Å². The van der Waals surface area contributed by atoms with Crippen LogP contribution in [0.2, 0.25) is 0 Å². The molecule has 3 N–H and O–H groups in total. The molecule has 1 atom stereocenters. The zero-order valence-corrected chi connectivity index (χ0v) is 12.9. The Morgan fingerprint density at radius 2 is 1.96 bits per heavy atom. The van der Waals surface area contributed by atoms with Crippen LogP contribution in [0, 0.1) is 0 Å². The number of benzene rings is 1. The Balaban J connectivity index is 2.57. The lowest BCUT2D eigenvalue weighted by Crippen LogP contribution is -2.37. The molecule has 0 aliphatic heterocycles. The molecule has 0 saturated heterocycles. The highest BCUT2D eigenvalue weighted by atomic mass is 16.5. The van der Waals surface area contributed by atoms with Crippen LogP contribution in [0.25, 0.3) is 0 Å². The van der Waals surface area contributed by atoms with Gasteiger partial charge in [-0.1, -0.05) is 37.3 Å². The molecule has 7 nitrogen and oxygen atoms in total. The van der Waals surface area contributed by atoms with Crippen LogP contribution in [-0.4, -0.2) is 33.0 Å². The van der Waals surface area contributed by atoms with Crippen molar-refractivity contribution in [2.24, 2.45) is 0 Å². The van der Waals surface area contributed by atoms with Gasteiger partial charge < -0.3 is 14.9 Å². The highest BCUT2D eigenvalue weighted by molar-refractivity contribution is 5.30. The number of aromatic amines is 1. The second-order valence-corrected chi connectivity index (χ2v) is 4.98. The van der Waals surface area contributed by atoms with Crippen LogP contribution in [-0.2, 0) is 17.9 Å². The van der Waals surface area contributed by atoms with Crippen molar-refractivity contribution in [3.8, 4) is 0 Å². The maximum absolute atomic E-state index is 12.1. The van der Waals surface area contributed by atoms with Crippen LogP contribution in [0.15, 0.2) is 39.9 Å². The molecular formula is C16H20N2O5. The second-order valence-electron chi connectivity index (χ2n) is 4.98. The van der Waals surface area contributed by atoms with E-state index in [0.717, 1.165) is 0 Å². The summed E-state index contributed by atoms with van der Waals surface area (Å²) in [6.07, 6.45) is -0.770. The minimum absolute atomic E-state index is 0.0495. The molecule has 7 heteroatoms. The zero-order chi connectivity index (χ0) is 16.8. The quantitative estimate of drug-likeness (QED) is 0.630. The average molecular weight is 320 g/mol. The zero-order valence-electron chi connectivity index (χ0n) is 12.9. The molecular weight excluding hydrogens is 300 g/mol. The Kier molecular flexibility index (Phi) is 5.86. The normalized spacial score (nSPS) is 12.3. The van der Waals surface area contributed by atoms with E-state index in [1.165, 1.54) is 4.57 Å². The minimum atomic E-state index is -1.13. The van der Waals surface area contributed by atoms with E-state index in [-0.39, 0.29) is 25.6 Å². The maximum Gasteiger partial charge on any atom is 0.330 e. The highest BCUT2D eigenvalue weighted by Crippen LogP contribution is 2.22. The molecule has 0 radical (unpaired) electrons. The molecule has 23 heavy (non-hydrogen) atoms. The first-order valence-corrected chi connectivity index (χ1v) is 7.37. The molecule has 0 amide bonds. The third-order valence-corrected chi connectivity index (χ3v) is 3.52. The fourth-order valence-corrected chi connectivity index (χ4v) is 2.42. The Bertz CT molecular complexity index is 751. The van der Waals surface area contributed by atoms with Gasteiger partial charge in [-0.3, -0.25) is 14.3 Å². The summed E-state index contributed by atoms with van der Waals surface area (Å²) in [6, 6.07) is 8.78. The number of ether oxygens (including phenoxy) is 1. The van der Waals surface area contributed by atoms with Crippen molar-refractivity contribution in [3.63, 3.8) is 0 Å². The summed E-state index contributed by atoms with van der Waals surface area (Å²) in [5.41, 5.74) is -0.0574. The Morgan fingerprint density at radius 3 is 2.57 bits per heavy atom. The van der Waals surface area contributed by atoms with Crippen LogP contribution >= 0.6 is 0 Å². The van der Waals surface area contributed by atoms with Gasteiger partial charge in [0.2, 0.25) is 0 Å². The Labute approximate surface area is 132 Å². The summed E-state index contributed by atoms with van der Waals surface area (Å²) < 4.78 is 6.38. The molecule has 1 unspecified atom stereocenters. The molecule has 0 spiro atoms. The third kappa shape index (κ3) is 3.76. The number of hydrogen-bond acceptors (Lipinski definition) is 5. The van der Waals surface area contributed by atoms with Crippen LogP contribution in [0.4, 0.5) is 0 Å². The van der Waals surface area contributed by atoms with Crippen molar-refractivity contribution < 1.29 is 14.9 Å². The van der Waals surface area contributed by atoms with E-state index in [1.54, 1.807) is 31.2 Å². The number of rotatable bonds is 7. The van der Waals surface area contributed by atoms with Gasteiger partial charge >= 0.3 is 5.69 Å². The summed E-state index contributed by atoms with van der Waals surface area (Å²) in [6.45, 7) is 1.47. The van der Waals surface area contributed by atoms with Crippen molar-refractivity contribution in [3.05, 3.63) is 68.0 Å². The minimum Gasteiger partial charge on any atom is -0.394 e. The Morgan fingerprint density at radius 1 is 1.26 bits per heavy atom. The van der Waals surface area contributed by atoms with Crippen LogP contribution in [0.3, 0.4) is 0 Å². The van der Waals surface area contributed by atoms with Crippen molar-refractivity contribution in [2.75, 3.05) is 13.2 Å². The van der Waals surface area contributed by atoms with Gasteiger partial charge in [0, 0.05) is 5.56 Å². The first kappa shape index (κ1) is 17.1. The lowest BCUT2D eigenvalue weighted by molar-refractivity contribution is 0.0403. The molecule has 0 bridgehead atoms. The largest absolute Gasteiger partial charge is 0.394 e. The fraction of sp³-hybridized carbons (Fsp3) is 0.375. The molecule has 1 aromatic heterocycles. The van der Waals surface area contributed by atoms with Crippen LogP contribution in [0.1, 0.15) is 29.8 Å². The molecule has 0 aliphatic rings. The van der Waals surface area contributed by atoms with Gasteiger partial charge in [-0.05, 0) is 12.0 Å². The van der Waals surface area contributed by atoms with Gasteiger partial charge in [0.1, 0.15) is 12.8 Å².